The summed E-state index contributed by atoms with van der Waals surface area (Å²) in [6.07, 6.45) is 0. The summed E-state index contributed by atoms with van der Waals surface area (Å²) in [5, 5.41) is 4.77. The van der Waals surface area contributed by atoms with Crippen molar-refractivity contribution in [2.24, 2.45) is 0 Å². The Labute approximate surface area is 120 Å². The van der Waals surface area contributed by atoms with E-state index in [4.69, 9.17) is 4.52 Å². The molecule has 0 fully saturated rings. The molecular formula is C16H14F2N2O. The van der Waals surface area contributed by atoms with Crippen LogP contribution in [0.3, 0.4) is 0 Å². The molecule has 3 nitrogen and oxygen atoms in total. The lowest BCUT2D eigenvalue weighted by molar-refractivity contribution is 0.306. The molecule has 0 aliphatic heterocycles. The molecule has 0 unspecified atom stereocenters. The fourth-order valence-corrected chi connectivity index (χ4v) is 2.34. The van der Waals surface area contributed by atoms with Crippen LogP contribution in [0.25, 0.3) is 11.0 Å². The van der Waals surface area contributed by atoms with Gasteiger partial charge in [-0.25, -0.2) is 8.78 Å². The van der Waals surface area contributed by atoms with Crippen molar-refractivity contribution < 1.29 is 13.3 Å². The zero-order chi connectivity index (χ0) is 14.8. The Morgan fingerprint density at radius 3 is 2.67 bits per heavy atom. The summed E-state index contributed by atoms with van der Waals surface area (Å²) < 4.78 is 31.4. The van der Waals surface area contributed by atoms with E-state index in [2.05, 4.69) is 5.16 Å². The molecule has 108 valence electrons. The summed E-state index contributed by atoms with van der Waals surface area (Å²) in [5.41, 5.74) is 2.06. The van der Waals surface area contributed by atoms with E-state index in [9.17, 15) is 8.78 Å². The van der Waals surface area contributed by atoms with Crippen molar-refractivity contribution in [1.29, 1.82) is 0 Å². The number of aromatic nitrogens is 1. The van der Waals surface area contributed by atoms with E-state index in [0.717, 1.165) is 16.6 Å². The Balaban J connectivity index is 1.75. The lowest BCUT2D eigenvalue weighted by atomic mass is 10.2. The van der Waals surface area contributed by atoms with Crippen molar-refractivity contribution in [3.05, 3.63) is 65.4 Å². The lowest BCUT2D eigenvalue weighted by Gasteiger charge is -2.15. The number of hydrogen-bond acceptors (Lipinski definition) is 3. The first-order valence-electron chi connectivity index (χ1n) is 6.58. The predicted molar refractivity (Wildman–Crippen MR) is 75.5 cm³/mol. The first-order chi connectivity index (χ1) is 10.1. The molecule has 3 rings (SSSR count). The molecule has 21 heavy (non-hydrogen) atoms. The Morgan fingerprint density at radius 1 is 1.05 bits per heavy atom. The molecule has 0 bridgehead atoms. The predicted octanol–water partition coefficient (Wildman–Crippen LogP) is 3.74. The zero-order valence-electron chi connectivity index (χ0n) is 11.5. The highest BCUT2D eigenvalue weighted by molar-refractivity contribution is 5.79. The number of hydrogen-bond donors (Lipinski definition) is 0. The Kier molecular flexibility index (Phi) is 3.66. The second-order valence-electron chi connectivity index (χ2n) is 5.07. The average molecular weight is 288 g/mol. The minimum absolute atomic E-state index is 0.247. The Hall–Kier alpha value is -2.27. The molecular weight excluding hydrogens is 274 g/mol. The summed E-state index contributed by atoms with van der Waals surface area (Å²) >= 11 is 0. The topological polar surface area (TPSA) is 29.3 Å². The molecule has 0 atom stereocenters. The van der Waals surface area contributed by atoms with Crippen LogP contribution in [0.1, 0.15) is 11.3 Å². The van der Waals surface area contributed by atoms with E-state index < -0.39 is 0 Å². The molecule has 0 saturated heterocycles. The van der Waals surface area contributed by atoms with E-state index >= 15 is 0 Å². The van der Waals surface area contributed by atoms with E-state index in [1.165, 1.54) is 24.3 Å². The summed E-state index contributed by atoms with van der Waals surface area (Å²) in [7, 11) is 1.91. The molecule has 0 aliphatic carbocycles. The number of nitrogens with zero attached hydrogens (tertiary/aromatic N) is 2. The van der Waals surface area contributed by atoms with Gasteiger partial charge < -0.3 is 4.52 Å². The highest BCUT2D eigenvalue weighted by Crippen LogP contribution is 2.21. The maximum absolute atomic E-state index is 13.2. The minimum atomic E-state index is -0.349. The molecule has 2 aromatic carbocycles. The van der Waals surface area contributed by atoms with Crippen LogP contribution < -0.4 is 0 Å². The number of rotatable bonds is 4. The van der Waals surface area contributed by atoms with Crippen LogP contribution >= 0.6 is 0 Å². The summed E-state index contributed by atoms with van der Waals surface area (Å²) in [6.45, 7) is 1.13. The molecule has 0 radical (unpaired) electrons. The SMILES string of the molecule is CN(Cc1cccc(F)c1)Cc1noc2cc(F)ccc12. The van der Waals surface area contributed by atoms with Crippen LogP contribution in [0.4, 0.5) is 8.78 Å². The highest BCUT2D eigenvalue weighted by atomic mass is 19.1. The normalized spacial score (nSPS) is 11.4. The van der Waals surface area contributed by atoms with E-state index in [0.29, 0.717) is 18.7 Å². The van der Waals surface area contributed by atoms with Gasteiger partial charge in [-0.15, -0.1) is 0 Å². The van der Waals surface area contributed by atoms with Crippen molar-refractivity contribution in [3.63, 3.8) is 0 Å². The molecule has 5 heteroatoms. The third-order valence-electron chi connectivity index (χ3n) is 3.27. The van der Waals surface area contributed by atoms with Crippen LogP contribution in [0.15, 0.2) is 47.0 Å². The summed E-state index contributed by atoms with van der Waals surface area (Å²) in [4.78, 5) is 2.00. The molecule has 0 N–H and O–H groups in total. The van der Waals surface area contributed by atoms with Crippen LogP contribution in [0, 0.1) is 11.6 Å². The Bertz CT molecular complexity index is 770. The van der Waals surface area contributed by atoms with Crippen LogP contribution in [0.5, 0.6) is 0 Å². The largest absolute Gasteiger partial charge is 0.356 e. The molecule has 0 aliphatic rings. The first kappa shape index (κ1) is 13.7. The van der Waals surface area contributed by atoms with Gasteiger partial charge in [0.2, 0.25) is 0 Å². The summed E-state index contributed by atoms with van der Waals surface area (Å²) in [6, 6.07) is 10.8. The van der Waals surface area contributed by atoms with Crippen LogP contribution in [-0.2, 0) is 13.1 Å². The van der Waals surface area contributed by atoms with E-state index in [-0.39, 0.29) is 11.6 Å². The van der Waals surface area contributed by atoms with Gasteiger partial charge in [-0.2, -0.15) is 0 Å². The van der Waals surface area contributed by atoms with Gasteiger partial charge in [0.1, 0.15) is 17.3 Å². The lowest BCUT2D eigenvalue weighted by Crippen LogP contribution is -2.17. The molecule has 3 aromatic rings. The molecule has 0 spiro atoms. The number of halogens is 2. The molecule has 1 heterocycles. The number of benzene rings is 2. The quantitative estimate of drug-likeness (QED) is 0.732. The van der Waals surface area contributed by atoms with E-state index in [1.54, 1.807) is 12.1 Å². The van der Waals surface area contributed by atoms with Gasteiger partial charge in [-0.1, -0.05) is 17.3 Å². The fraction of sp³-hybridized carbons (Fsp3) is 0.188. The monoisotopic (exact) mass is 288 g/mol. The third-order valence-corrected chi connectivity index (χ3v) is 3.27. The smallest absolute Gasteiger partial charge is 0.170 e. The highest BCUT2D eigenvalue weighted by Gasteiger charge is 2.11. The van der Waals surface area contributed by atoms with Crippen LogP contribution in [0.2, 0.25) is 0 Å². The maximum atomic E-state index is 13.2. The van der Waals surface area contributed by atoms with Crippen LogP contribution in [-0.4, -0.2) is 17.1 Å². The standard InChI is InChI=1S/C16H14F2N2O/c1-20(9-11-3-2-4-12(17)7-11)10-15-14-6-5-13(18)8-16(14)21-19-15/h2-8H,9-10H2,1H3. The van der Waals surface area contributed by atoms with Gasteiger partial charge >= 0.3 is 0 Å². The minimum Gasteiger partial charge on any atom is -0.356 e. The van der Waals surface area contributed by atoms with Crippen molar-refractivity contribution in [1.82, 2.24) is 10.1 Å². The van der Waals surface area contributed by atoms with Crippen molar-refractivity contribution in [2.45, 2.75) is 13.1 Å². The van der Waals surface area contributed by atoms with Crippen molar-refractivity contribution >= 4 is 11.0 Å². The van der Waals surface area contributed by atoms with Gasteiger partial charge in [0.05, 0.1) is 0 Å². The first-order valence-corrected chi connectivity index (χ1v) is 6.58. The summed E-state index contributed by atoms with van der Waals surface area (Å²) in [5.74, 6) is -0.596. The van der Waals surface area contributed by atoms with Gasteiger partial charge in [-0.05, 0) is 36.9 Å². The zero-order valence-corrected chi connectivity index (χ0v) is 11.5. The second kappa shape index (κ2) is 5.61. The molecule has 0 saturated carbocycles. The third kappa shape index (κ3) is 3.08. The van der Waals surface area contributed by atoms with Crippen molar-refractivity contribution in [3.8, 4) is 0 Å². The average Bonchev–Trinajstić information content (AvgIpc) is 2.81. The molecule has 1 aromatic heterocycles. The fourth-order valence-electron chi connectivity index (χ4n) is 2.34. The maximum Gasteiger partial charge on any atom is 0.170 e. The van der Waals surface area contributed by atoms with Gasteiger partial charge in [0, 0.05) is 24.5 Å². The second-order valence-corrected chi connectivity index (χ2v) is 5.07. The van der Waals surface area contributed by atoms with Crippen molar-refractivity contribution in [2.75, 3.05) is 7.05 Å². The Morgan fingerprint density at radius 2 is 1.86 bits per heavy atom. The molecule has 0 amide bonds. The van der Waals surface area contributed by atoms with E-state index in [1.807, 2.05) is 18.0 Å². The number of fused-ring (bicyclic) bond motifs is 1. The van der Waals surface area contributed by atoms with Gasteiger partial charge in [0.25, 0.3) is 0 Å². The van der Waals surface area contributed by atoms with Gasteiger partial charge in [0.15, 0.2) is 5.58 Å². The van der Waals surface area contributed by atoms with Gasteiger partial charge in [-0.3, -0.25) is 4.90 Å².